The molecule has 102 valence electrons. The minimum absolute atomic E-state index is 0.0947. The molecule has 1 saturated heterocycles. The number of carbonyl (C=O) groups excluding carboxylic acids is 1. The van der Waals surface area contributed by atoms with Crippen molar-refractivity contribution in [3.63, 3.8) is 0 Å². The summed E-state index contributed by atoms with van der Waals surface area (Å²) >= 11 is 0. The fourth-order valence-electron chi connectivity index (χ4n) is 2.70. The number of likely N-dealkylation sites (N-methyl/N-ethyl adjacent to an activating group) is 1. The Kier molecular flexibility index (Phi) is 5.51. The number of likely N-dealkylation sites (tertiary alicyclic amines) is 1. The van der Waals surface area contributed by atoms with E-state index in [1.807, 2.05) is 25.7 Å². The predicted molar refractivity (Wildman–Crippen MR) is 70.9 cm³/mol. The zero-order chi connectivity index (χ0) is 13.6. The van der Waals surface area contributed by atoms with Crippen molar-refractivity contribution >= 4 is 11.7 Å². The average Bonchev–Trinajstić information content (AvgIpc) is 2.45. The molecule has 1 fully saturated rings. The molecule has 0 aromatic rings. The molecular formula is C13H25N4O+. The van der Waals surface area contributed by atoms with Gasteiger partial charge in [-0.2, -0.15) is 0 Å². The van der Waals surface area contributed by atoms with Gasteiger partial charge in [0.05, 0.1) is 19.6 Å². The normalized spacial score (nSPS) is 16.3. The van der Waals surface area contributed by atoms with Crippen LogP contribution in [0.2, 0.25) is 0 Å². The highest BCUT2D eigenvalue weighted by molar-refractivity contribution is 6.32. The predicted octanol–water partition coefficient (Wildman–Crippen LogP) is 1.50. The molecule has 1 rings (SSSR count). The van der Waals surface area contributed by atoms with E-state index < -0.39 is 0 Å². The fourth-order valence-corrected chi connectivity index (χ4v) is 2.70. The summed E-state index contributed by atoms with van der Waals surface area (Å²) in [5, 5.41) is 0. The quantitative estimate of drug-likeness (QED) is 0.247. The number of amidine groups is 1. The second-order valence-corrected chi connectivity index (χ2v) is 4.87. The number of rotatable bonds is 3. The van der Waals surface area contributed by atoms with Crippen LogP contribution in [-0.4, -0.2) is 58.6 Å². The van der Waals surface area contributed by atoms with Crippen LogP contribution in [0.5, 0.6) is 0 Å². The van der Waals surface area contributed by atoms with Crippen molar-refractivity contribution in [1.82, 2.24) is 4.90 Å². The van der Waals surface area contributed by atoms with Crippen LogP contribution >= 0.6 is 0 Å². The van der Waals surface area contributed by atoms with Gasteiger partial charge in [-0.1, -0.05) is 4.79 Å². The summed E-state index contributed by atoms with van der Waals surface area (Å²) in [7, 11) is 0. The van der Waals surface area contributed by atoms with E-state index >= 15 is 0 Å². The number of nitrogens with zero attached hydrogens (tertiary/aromatic N) is 4. The van der Waals surface area contributed by atoms with Gasteiger partial charge >= 0.3 is 11.7 Å². The number of hydrogen-bond acceptors (Lipinski definition) is 1. The summed E-state index contributed by atoms with van der Waals surface area (Å²) in [6.45, 7) is 9.97. The number of piperidine rings is 1. The van der Waals surface area contributed by atoms with Gasteiger partial charge in [-0.25, -0.2) is 4.48 Å². The topological polar surface area (TPSA) is 56.7 Å². The minimum atomic E-state index is -0.0947. The van der Waals surface area contributed by atoms with E-state index in [9.17, 15) is 10.3 Å². The van der Waals surface area contributed by atoms with E-state index in [-0.39, 0.29) is 5.91 Å². The number of hydrogen-bond donors (Lipinski definition) is 0. The summed E-state index contributed by atoms with van der Waals surface area (Å²) in [5.74, 6) is 0.201. The Morgan fingerprint density at radius 1 is 1.11 bits per heavy atom. The molecule has 0 bridgehead atoms. The Morgan fingerprint density at radius 3 is 2.00 bits per heavy atom. The van der Waals surface area contributed by atoms with Gasteiger partial charge in [-0.15, -0.1) is 0 Å². The molecule has 18 heavy (non-hydrogen) atoms. The third kappa shape index (κ3) is 2.79. The molecule has 0 aromatic carbocycles. The minimum Gasteiger partial charge on any atom is -0.354 e. The Morgan fingerprint density at radius 2 is 1.61 bits per heavy atom. The molecule has 1 amide bonds. The van der Waals surface area contributed by atoms with Gasteiger partial charge in [0.2, 0.25) is 0 Å². The van der Waals surface area contributed by atoms with E-state index in [4.69, 9.17) is 0 Å². The van der Waals surface area contributed by atoms with Gasteiger partial charge in [0.1, 0.15) is 0 Å². The van der Waals surface area contributed by atoms with Crippen LogP contribution in [0.4, 0.5) is 0 Å². The first kappa shape index (κ1) is 14.9. The van der Waals surface area contributed by atoms with Gasteiger partial charge in [0, 0.05) is 13.1 Å². The van der Waals surface area contributed by atoms with E-state index in [2.05, 4.69) is 4.79 Å². The maximum absolute atomic E-state index is 12.5. The third-order valence-corrected chi connectivity index (χ3v) is 4.19. The van der Waals surface area contributed by atoms with Crippen LogP contribution in [0.15, 0.2) is 0 Å². The molecule has 0 unspecified atom stereocenters. The monoisotopic (exact) mass is 253 g/mol. The van der Waals surface area contributed by atoms with Crippen LogP contribution in [0.25, 0.3) is 5.53 Å². The molecule has 5 heteroatoms. The van der Waals surface area contributed by atoms with Crippen molar-refractivity contribution in [3.8, 4) is 0 Å². The lowest BCUT2D eigenvalue weighted by atomic mass is 10.1. The second-order valence-electron chi connectivity index (χ2n) is 4.87. The van der Waals surface area contributed by atoms with Crippen LogP contribution in [0.3, 0.4) is 0 Å². The first-order valence-electron chi connectivity index (χ1n) is 7.03. The zero-order valence-electron chi connectivity index (χ0n) is 11.9. The number of quaternary nitrogens is 1. The Balaban J connectivity index is 2.95. The molecule has 1 aliphatic rings. The fraction of sp³-hybridized carbons (Fsp3) is 0.846. The van der Waals surface area contributed by atoms with Crippen molar-refractivity contribution in [2.75, 3.05) is 32.7 Å². The zero-order valence-corrected chi connectivity index (χ0v) is 11.9. The maximum Gasteiger partial charge on any atom is 0.537 e. The highest BCUT2D eigenvalue weighted by Gasteiger charge is 2.45. The lowest BCUT2D eigenvalue weighted by molar-refractivity contribution is -0.843. The second kappa shape index (κ2) is 6.66. The Bertz CT molecular complexity index is 329. The molecule has 1 heterocycles. The van der Waals surface area contributed by atoms with Crippen molar-refractivity contribution in [1.29, 1.82) is 0 Å². The molecule has 0 N–H and O–H groups in total. The lowest BCUT2D eigenvalue weighted by Gasteiger charge is -2.32. The van der Waals surface area contributed by atoms with Crippen molar-refractivity contribution in [2.45, 2.75) is 40.0 Å². The standard InChI is InChI=1S/C13H25N4O/c1-4-17(5-2,6-3)12(15-14)13(18)16-10-8-7-9-11-16/h4-11H2,1-3H3/q+1. The summed E-state index contributed by atoms with van der Waals surface area (Å²) in [6.07, 6.45) is 3.29. The number of amides is 1. The summed E-state index contributed by atoms with van der Waals surface area (Å²) < 4.78 is 0.450. The van der Waals surface area contributed by atoms with Crippen molar-refractivity contribution in [2.24, 2.45) is 0 Å². The Labute approximate surface area is 110 Å². The smallest absolute Gasteiger partial charge is 0.354 e. The van der Waals surface area contributed by atoms with E-state index in [1.54, 1.807) is 0 Å². The summed E-state index contributed by atoms with van der Waals surface area (Å²) in [5.41, 5.74) is 9.28. The van der Waals surface area contributed by atoms with Crippen LogP contribution in [0.1, 0.15) is 40.0 Å². The summed E-state index contributed by atoms with van der Waals surface area (Å²) in [4.78, 5) is 17.6. The summed E-state index contributed by atoms with van der Waals surface area (Å²) in [6, 6.07) is 0. The van der Waals surface area contributed by atoms with Gasteiger partial charge in [-0.3, -0.25) is 4.79 Å². The van der Waals surface area contributed by atoms with E-state index in [0.717, 1.165) is 45.6 Å². The molecule has 0 aliphatic carbocycles. The van der Waals surface area contributed by atoms with Crippen molar-refractivity contribution < 1.29 is 14.1 Å². The highest BCUT2D eigenvalue weighted by atomic mass is 16.2. The number of carbonyl (C=O) groups is 1. The van der Waals surface area contributed by atoms with E-state index in [1.165, 1.54) is 6.42 Å². The molecule has 0 saturated carbocycles. The van der Waals surface area contributed by atoms with Crippen molar-refractivity contribution in [3.05, 3.63) is 5.53 Å². The molecule has 0 radical (unpaired) electrons. The SMILES string of the molecule is CC[N+](CC)(CC)C(=[N+]=[N-])C(=O)N1CCCCC1. The van der Waals surface area contributed by atoms with Gasteiger partial charge in [0.25, 0.3) is 0 Å². The highest BCUT2D eigenvalue weighted by Crippen LogP contribution is 2.13. The molecule has 0 aromatic heterocycles. The van der Waals surface area contributed by atoms with E-state index in [0.29, 0.717) is 10.3 Å². The van der Waals surface area contributed by atoms with Gasteiger partial charge in [0.15, 0.2) is 0 Å². The maximum atomic E-state index is 12.5. The third-order valence-electron chi connectivity index (χ3n) is 4.19. The van der Waals surface area contributed by atoms with Crippen LogP contribution < -0.4 is 0 Å². The molecular weight excluding hydrogens is 228 g/mol. The molecule has 5 nitrogen and oxygen atoms in total. The Hall–Kier alpha value is -1.19. The largest absolute Gasteiger partial charge is 0.537 e. The van der Waals surface area contributed by atoms with Gasteiger partial charge < -0.3 is 10.4 Å². The first-order valence-corrected chi connectivity index (χ1v) is 7.03. The van der Waals surface area contributed by atoms with Crippen LogP contribution in [0, 0.1) is 0 Å². The molecule has 0 atom stereocenters. The first-order chi connectivity index (χ1) is 8.65. The van der Waals surface area contributed by atoms with Gasteiger partial charge in [-0.05, 0) is 40.0 Å². The lowest BCUT2D eigenvalue weighted by Crippen LogP contribution is -2.59. The van der Waals surface area contributed by atoms with Crippen LogP contribution in [-0.2, 0) is 4.79 Å². The molecule has 1 aliphatic heterocycles. The molecule has 0 spiro atoms. The average molecular weight is 253 g/mol.